The predicted molar refractivity (Wildman–Crippen MR) is 109 cm³/mol. The second-order valence-corrected chi connectivity index (χ2v) is 8.21. The molecule has 2 aromatic rings. The maximum absolute atomic E-state index is 12.8. The first-order valence-corrected chi connectivity index (χ1v) is 10.4. The standard InChI is InChI=1S/C21H24N2O5S/c1-11-17(13(3)24)12(2)22-18(11)19(25)14(4)28-21(27)15-7-5-9-23(15)20(26)16-8-6-10-29-16/h6,8,10,14-15,22H,5,7,9H2,1-4H3/t14-,15+/m1/s1. The molecule has 1 N–H and O–H groups in total. The lowest BCUT2D eigenvalue weighted by molar-refractivity contribution is -0.150. The molecule has 0 radical (unpaired) electrons. The number of amides is 1. The number of ketones is 2. The summed E-state index contributed by atoms with van der Waals surface area (Å²) in [6, 6.07) is 2.82. The van der Waals surface area contributed by atoms with E-state index >= 15 is 0 Å². The minimum atomic E-state index is -1.03. The van der Waals surface area contributed by atoms with Crippen LogP contribution in [0.5, 0.6) is 0 Å². The maximum Gasteiger partial charge on any atom is 0.329 e. The Balaban J connectivity index is 1.71. The molecule has 1 amide bonds. The molecule has 2 atom stereocenters. The first-order valence-electron chi connectivity index (χ1n) is 9.51. The molecule has 1 saturated heterocycles. The average Bonchev–Trinajstić information content (AvgIpc) is 3.40. The molecule has 0 saturated carbocycles. The molecule has 0 aromatic carbocycles. The normalized spacial score (nSPS) is 17.2. The Morgan fingerprint density at radius 1 is 1.28 bits per heavy atom. The second kappa shape index (κ2) is 8.32. The topological polar surface area (TPSA) is 96.5 Å². The summed E-state index contributed by atoms with van der Waals surface area (Å²) in [7, 11) is 0. The number of thiophene rings is 1. The van der Waals surface area contributed by atoms with Crippen molar-refractivity contribution < 1.29 is 23.9 Å². The number of esters is 1. The highest BCUT2D eigenvalue weighted by Crippen LogP contribution is 2.25. The van der Waals surface area contributed by atoms with Crippen molar-refractivity contribution in [1.82, 2.24) is 9.88 Å². The predicted octanol–water partition coefficient (Wildman–Crippen LogP) is 3.31. The van der Waals surface area contributed by atoms with Gasteiger partial charge in [0.25, 0.3) is 5.91 Å². The Morgan fingerprint density at radius 2 is 2.00 bits per heavy atom. The fraction of sp³-hybridized carbons (Fsp3) is 0.429. The van der Waals surface area contributed by atoms with Gasteiger partial charge in [-0.3, -0.25) is 14.4 Å². The number of aryl methyl sites for hydroxylation is 1. The number of likely N-dealkylation sites (tertiary alicyclic amines) is 1. The number of Topliss-reactive ketones (excluding diaryl/α,β-unsaturated/α-hetero) is 2. The molecule has 3 rings (SSSR count). The van der Waals surface area contributed by atoms with Crippen LogP contribution < -0.4 is 0 Å². The highest BCUT2D eigenvalue weighted by Gasteiger charge is 2.37. The van der Waals surface area contributed by atoms with Crippen LogP contribution >= 0.6 is 11.3 Å². The number of aromatic amines is 1. The van der Waals surface area contributed by atoms with Crippen molar-refractivity contribution in [2.45, 2.75) is 52.7 Å². The molecule has 154 valence electrons. The monoisotopic (exact) mass is 416 g/mol. The van der Waals surface area contributed by atoms with Crippen LogP contribution in [0.1, 0.15) is 68.5 Å². The third-order valence-corrected chi connectivity index (χ3v) is 6.07. The summed E-state index contributed by atoms with van der Waals surface area (Å²) in [4.78, 5) is 55.0. The first kappa shape index (κ1) is 21.0. The molecule has 1 fully saturated rings. The quantitative estimate of drug-likeness (QED) is 0.576. The number of hydrogen-bond donors (Lipinski definition) is 1. The van der Waals surface area contributed by atoms with E-state index < -0.39 is 23.9 Å². The summed E-state index contributed by atoms with van der Waals surface area (Å²) in [5.41, 5.74) is 1.92. The molecule has 0 unspecified atom stereocenters. The zero-order chi connectivity index (χ0) is 21.3. The largest absolute Gasteiger partial charge is 0.453 e. The van der Waals surface area contributed by atoms with Gasteiger partial charge in [-0.15, -0.1) is 11.3 Å². The van der Waals surface area contributed by atoms with Gasteiger partial charge >= 0.3 is 5.97 Å². The Kier molecular flexibility index (Phi) is 6.02. The van der Waals surface area contributed by atoms with Gasteiger partial charge in [-0.25, -0.2) is 4.79 Å². The highest BCUT2D eigenvalue weighted by molar-refractivity contribution is 7.12. The summed E-state index contributed by atoms with van der Waals surface area (Å²) < 4.78 is 5.43. The van der Waals surface area contributed by atoms with E-state index in [2.05, 4.69) is 4.98 Å². The van der Waals surface area contributed by atoms with Gasteiger partial charge in [-0.2, -0.15) is 0 Å². The fourth-order valence-electron chi connectivity index (χ4n) is 3.83. The number of H-pyrrole nitrogens is 1. The van der Waals surface area contributed by atoms with E-state index in [0.717, 1.165) is 0 Å². The highest BCUT2D eigenvalue weighted by atomic mass is 32.1. The van der Waals surface area contributed by atoms with E-state index in [0.29, 0.717) is 41.1 Å². The summed E-state index contributed by atoms with van der Waals surface area (Å²) >= 11 is 1.33. The Morgan fingerprint density at radius 3 is 2.59 bits per heavy atom. The van der Waals surface area contributed by atoms with Gasteiger partial charge in [0.1, 0.15) is 6.04 Å². The van der Waals surface area contributed by atoms with Crippen LogP contribution in [-0.2, 0) is 9.53 Å². The second-order valence-electron chi connectivity index (χ2n) is 7.26. The molecule has 29 heavy (non-hydrogen) atoms. The van der Waals surface area contributed by atoms with Crippen molar-refractivity contribution in [2.24, 2.45) is 0 Å². The van der Waals surface area contributed by atoms with E-state index in [-0.39, 0.29) is 17.4 Å². The zero-order valence-corrected chi connectivity index (χ0v) is 17.7. The number of rotatable bonds is 6. The van der Waals surface area contributed by atoms with Gasteiger partial charge in [0, 0.05) is 17.8 Å². The third-order valence-electron chi connectivity index (χ3n) is 5.22. The van der Waals surface area contributed by atoms with E-state index in [1.54, 1.807) is 26.0 Å². The van der Waals surface area contributed by atoms with Crippen LogP contribution in [0.3, 0.4) is 0 Å². The number of aromatic nitrogens is 1. The smallest absolute Gasteiger partial charge is 0.329 e. The van der Waals surface area contributed by atoms with E-state index in [1.165, 1.54) is 30.1 Å². The molecule has 2 aromatic heterocycles. The average molecular weight is 416 g/mol. The molecule has 3 heterocycles. The van der Waals surface area contributed by atoms with Crippen LogP contribution in [-0.4, -0.2) is 52.0 Å². The molecular weight excluding hydrogens is 392 g/mol. The lowest BCUT2D eigenvalue weighted by atomic mass is 10.0. The summed E-state index contributed by atoms with van der Waals surface area (Å²) in [5, 5.41) is 1.81. The number of nitrogens with zero attached hydrogens (tertiary/aromatic N) is 1. The van der Waals surface area contributed by atoms with Crippen LogP contribution in [0.2, 0.25) is 0 Å². The van der Waals surface area contributed by atoms with Crippen molar-refractivity contribution in [3.8, 4) is 0 Å². The minimum Gasteiger partial charge on any atom is -0.453 e. The number of hydrogen-bond acceptors (Lipinski definition) is 6. The number of carbonyl (C=O) groups excluding carboxylic acids is 4. The molecule has 0 bridgehead atoms. The zero-order valence-electron chi connectivity index (χ0n) is 16.9. The van der Waals surface area contributed by atoms with Crippen molar-refractivity contribution >= 4 is 34.8 Å². The van der Waals surface area contributed by atoms with Crippen LogP contribution in [0, 0.1) is 13.8 Å². The van der Waals surface area contributed by atoms with Gasteiger partial charge in [0.05, 0.1) is 10.6 Å². The summed E-state index contributed by atoms with van der Waals surface area (Å²) in [5.74, 6) is -1.31. The number of carbonyl (C=O) groups is 4. The molecule has 8 heteroatoms. The van der Waals surface area contributed by atoms with Gasteiger partial charge in [-0.05, 0) is 57.5 Å². The minimum absolute atomic E-state index is 0.131. The van der Waals surface area contributed by atoms with Gasteiger partial charge in [0.2, 0.25) is 5.78 Å². The molecule has 0 spiro atoms. The SMILES string of the molecule is CC(=O)c1c(C)[nH]c(C(=O)[C@@H](C)OC(=O)[C@@H]2CCCN2C(=O)c2cccs2)c1C. The van der Waals surface area contributed by atoms with Gasteiger partial charge in [0.15, 0.2) is 11.9 Å². The maximum atomic E-state index is 12.8. The molecule has 0 aliphatic carbocycles. The Bertz CT molecular complexity index is 960. The van der Waals surface area contributed by atoms with Crippen molar-refractivity contribution in [3.63, 3.8) is 0 Å². The fourth-order valence-corrected chi connectivity index (χ4v) is 4.51. The Labute approximate surface area is 173 Å². The van der Waals surface area contributed by atoms with Gasteiger partial charge in [-0.1, -0.05) is 6.07 Å². The van der Waals surface area contributed by atoms with Gasteiger partial charge < -0.3 is 14.6 Å². The third kappa shape index (κ3) is 4.03. The Hall–Kier alpha value is -2.74. The van der Waals surface area contributed by atoms with Crippen LogP contribution in [0.25, 0.3) is 0 Å². The van der Waals surface area contributed by atoms with Crippen molar-refractivity contribution in [3.05, 3.63) is 44.9 Å². The number of nitrogens with one attached hydrogen (secondary N) is 1. The van der Waals surface area contributed by atoms with Crippen LogP contribution in [0.15, 0.2) is 17.5 Å². The first-order chi connectivity index (χ1) is 13.7. The van der Waals surface area contributed by atoms with Crippen molar-refractivity contribution in [2.75, 3.05) is 6.54 Å². The molecule has 7 nitrogen and oxygen atoms in total. The summed E-state index contributed by atoms with van der Waals surface area (Å²) in [6.45, 7) is 6.85. The summed E-state index contributed by atoms with van der Waals surface area (Å²) in [6.07, 6.45) is 0.181. The molecule has 1 aliphatic rings. The van der Waals surface area contributed by atoms with E-state index in [1.807, 2.05) is 5.38 Å². The lowest BCUT2D eigenvalue weighted by Crippen LogP contribution is -2.42. The van der Waals surface area contributed by atoms with Crippen molar-refractivity contribution in [1.29, 1.82) is 0 Å². The number of ether oxygens (including phenoxy) is 1. The molecular formula is C21H24N2O5S. The molecule has 1 aliphatic heterocycles. The lowest BCUT2D eigenvalue weighted by Gasteiger charge is -2.24. The van der Waals surface area contributed by atoms with E-state index in [4.69, 9.17) is 4.74 Å². The van der Waals surface area contributed by atoms with E-state index in [9.17, 15) is 19.2 Å². The van der Waals surface area contributed by atoms with Crippen LogP contribution in [0.4, 0.5) is 0 Å².